The predicted molar refractivity (Wildman–Crippen MR) is 101 cm³/mol. The lowest BCUT2D eigenvalue weighted by Gasteiger charge is -2.16. The van der Waals surface area contributed by atoms with E-state index in [0.717, 1.165) is 31.4 Å². The van der Waals surface area contributed by atoms with Crippen molar-refractivity contribution >= 4 is 18.5 Å². The first kappa shape index (κ1) is 19.9. The van der Waals surface area contributed by atoms with E-state index in [1.165, 1.54) is 11.1 Å². The van der Waals surface area contributed by atoms with Gasteiger partial charge in [-0.05, 0) is 48.9 Å². The van der Waals surface area contributed by atoms with Crippen molar-refractivity contribution in [1.29, 1.82) is 0 Å². The van der Waals surface area contributed by atoms with Gasteiger partial charge in [0.1, 0.15) is 5.75 Å². The first-order valence-corrected chi connectivity index (χ1v) is 9.03. The second-order valence-corrected chi connectivity index (χ2v) is 7.77. The first-order chi connectivity index (χ1) is 10.8. The summed E-state index contributed by atoms with van der Waals surface area (Å²) in [5, 5.41) is 2.93. The molecule has 0 aliphatic heterocycles. The summed E-state index contributed by atoms with van der Waals surface area (Å²) in [6.45, 7) is 9.62. The van der Waals surface area contributed by atoms with Gasteiger partial charge in [-0.1, -0.05) is 33.8 Å². The van der Waals surface area contributed by atoms with E-state index in [0.29, 0.717) is 19.6 Å². The van der Waals surface area contributed by atoms with Crippen molar-refractivity contribution in [2.45, 2.75) is 64.5 Å². The molecule has 0 saturated carbocycles. The Morgan fingerprint density at radius 3 is 2.30 bits per heavy atom. The summed E-state index contributed by atoms with van der Waals surface area (Å²) >= 11 is 4.43. The monoisotopic (exact) mass is 337 g/mol. The zero-order valence-corrected chi connectivity index (χ0v) is 15.8. The summed E-state index contributed by atoms with van der Waals surface area (Å²) in [5.41, 5.74) is 2.61. The number of ether oxygens (including phenoxy) is 1. The second-order valence-electron chi connectivity index (χ2n) is 6.56. The lowest BCUT2D eigenvalue weighted by atomic mass is 10.1. The molecule has 3 nitrogen and oxygen atoms in total. The summed E-state index contributed by atoms with van der Waals surface area (Å²) < 4.78 is 5.73. The van der Waals surface area contributed by atoms with Gasteiger partial charge in [-0.15, -0.1) is 0 Å². The quantitative estimate of drug-likeness (QED) is 0.496. The molecule has 0 heterocycles. The van der Waals surface area contributed by atoms with Gasteiger partial charge in [0.15, 0.2) is 0 Å². The Morgan fingerprint density at radius 2 is 1.78 bits per heavy atom. The van der Waals surface area contributed by atoms with E-state index >= 15 is 0 Å². The van der Waals surface area contributed by atoms with Crippen molar-refractivity contribution in [1.82, 2.24) is 5.32 Å². The Morgan fingerprint density at radius 1 is 1.17 bits per heavy atom. The Bertz CT molecular complexity index is 472. The summed E-state index contributed by atoms with van der Waals surface area (Å²) in [6.07, 6.45) is 4.15. The fourth-order valence-corrected chi connectivity index (χ4v) is 2.33. The minimum atomic E-state index is -0.0955. The molecule has 1 rings (SSSR count). The van der Waals surface area contributed by atoms with Gasteiger partial charge < -0.3 is 10.1 Å². The van der Waals surface area contributed by atoms with E-state index in [1.807, 2.05) is 13.8 Å². The molecule has 0 saturated heterocycles. The molecule has 0 bridgehead atoms. The molecule has 0 unspecified atom stereocenters. The van der Waals surface area contributed by atoms with Gasteiger partial charge in [0.25, 0.3) is 0 Å². The molecule has 0 atom stereocenters. The van der Waals surface area contributed by atoms with Crippen LogP contribution >= 0.6 is 12.6 Å². The van der Waals surface area contributed by atoms with Crippen molar-refractivity contribution < 1.29 is 9.53 Å². The number of hydrogen-bond donors (Lipinski definition) is 2. The Kier molecular flexibility index (Phi) is 8.53. The molecule has 0 aliphatic rings. The number of carbonyl (C=O) groups excluding carboxylic acids is 1. The molecule has 0 radical (unpaired) electrons. The van der Waals surface area contributed by atoms with Crippen LogP contribution in [0.25, 0.3) is 0 Å². The van der Waals surface area contributed by atoms with Crippen LogP contribution in [0.3, 0.4) is 0 Å². The minimum Gasteiger partial charge on any atom is -0.494 e. The molecule has 1 aromatic carbocycles. The summed E-state index contributed by atoms with van der Waals surface area (Å²) in [7, 11) is 0. The van der Waals surface area contributed by atoms with Gasteiger partial charge in [-0.25, -0.2) is 0 Å². The zero-order valence-electron chi connectivity index (χ0n) is 14.9. The fraction of sp³-hybridized carbons (Fsp3) is 0.632. The molecule has 0 aliphatic carbocycles. The van der Waals surface area contributed by atoms with Crippen LogP contribution in [-0.4, -0.2) is 23.8 Å². The lowest BCUT2D eigenvalue weighted by Crippen LogP contribution is -2.27. The Hall–Kier alpha value is -1.16. The van der Waals surface area contributed by atoms with E-state index in [-0.39, 0.29) is 10.7 Å². The van der Waals surface area contributed by atoms with Crippen LogP contribution in [0.5, 0.6) is 5.75 Å². The molecule has 1 aromatic rings. The largest absolute Gasteiger partial charge is 0.494 e. The van der Waals surface area contributed by atoms with E-state index in [9.17, 15) is 4.79 Å². The third-order valence-electron chi connectivity index (χ3n) is 3.72. The lowest BCUT2D eigenvalue weighted by molar-refractivity contribution is -0.121. The Labute approximate surface area is 146 Å². The molecule has 1 amide bonds. The highest BCUT2D eigenvalue weighted by Gasteiger charge is 2.13. The molecule has 0 aromatic heterocycles. The topological polar surface area (TPSA) is 38.3 Å². The highest BCUT2D eigenvalue weighted by Crippen LogP contribution is 2.19. The van der Waals surface area contributed by atoms with Gasteiger partial charge in [0.05, 0.1) is 6.61 Å². The summed E-state index contributed by atoms with van der Waals surface area (Å²) in [4.78, 5) is 11.7. The maximum atomic E-state index is 11.7. The number of thiol groups is 1. The van der Waals surface area contributed by atoms with Gasteiger partial charge in [0.2, 0.25) is 5.91 Å². The standard InChI is InChI=1S/C19H31NO2S/c1-5-15-12-16(6-2)14-17(13-15)22-11-7-10-20-18(21)8-9-19(3,4)23/h12-14,23H,5-11H2,1-4H3,(H,20,21). The van der Waals surface area contributed by atoms with Crippen molar-refractivity contribution in [3.63, 3.8) is 0 Å². The van der Waals surface area contributed by atoms with E-state index in [1.54, 1.807) is 0 Å². The van der Waals surface area contributed by atoms with Crippen LogP contribution in [-0.2, 0) is 17.6 Å². The summed E-state index contributed by atoms with van der Waals surface area (Å²) in [6, 6.07) is 6.44. The number of nitrogens with one attached hydrogen (secondary N) is 1. The molecular formula is C19H31NO2S. The van der Waals surface area contributed by atoms with Crippen molar-refractivity contribution in [3.8, 4) is 5.75 Å². The van der Waals surface area contributed by atoms with Crippen LogP contribution in [0.4, 0.5) is 0 Å². The fourth-order valence-electron chi connectivity index (χ4n) is 2.22. The predicted octanol–water partition coefficient (Wildman–Crippen LogP) is 4.19. The molecule has 1 N–H and O–H groups in total. The minimum absolute atomic E-state index is 0.0911. The third-order valence-corrected chi connectivity index (χ3v) is 3.94. The maximum Gasteiger partial charge on any atom is 0.220 e. The number of aryl methyl sites for hydroxylation is 2. The SMILES string of the molecule is CCc1cc(CC)cc(OCCCNC(=O)CCC(C)(C)S)c1. The number of hydrogen-bond acceptors (Lipinski definition) is 3. The third kappa shape index (κ3) is 8.89. The highest BCUT2D eigenvalue weighted by atomic mass is 32.1. The normalized spacial score (nSPS) is 11.3. The van der Waals surface area contributed by atoms with Gasteiger partial charge >= 0.3 is 0 Å². The Balaban J connectivity index is 2.26. The van der Waals surface area contributed by atoms with Gasteiger partial charge in [-0.3, -0.25) is 4.79 Å². The highest BCUT2D eigenvalue weighted by molar-refractivity contribution is 7.81. The van der Waals surface area contributed by atoms with Crippen LogP contribution in [0.2, 0.25) is 0 Å². The van der Waals surface area contributed by atoms with Crippen LogP contribution in [0.15, 0.2) is 18.2 Å². The molecule has 0 fully saturated rings. The molecule has 0 spiro atoms. The van der Waals surface area contributed by atoms with E-state index in [2.05, 4.69) is 50.0 Å². The van der Waals surface area contributed by atoms with Crippen molar-refractivity contribution in [2.24, 2.45) is 0 Å². The molecular weight excluding hydrogens is 306 g/mol. The van der Waals surface area contributed by atoms with Crippen molar-refractivity contribution in [2.75, 3.05) is 13.2 Å². The van der Waals surface area contributed by atoms with E-state index < -0.39 is 0 Å². The summed E-state index contributed by atoms with van der Waals surface area (Å²) in [5.74, 6) is 1.03. The second kappa shape index (κ2) is 9.86. The number of benzene rings is 1. The average Bonchev–Trinajstić information content (AvgIpc) is 2.51. The maximum absolute atomic E-state index is 11.7. The van der Waals surface area contributed by atoms with Crippen LogP contribution in [0.1, 0.15) is 58.1 Å². The number of rotatable bonds is 10. The number of amides is 1. The first-order valence-electron chi connectivity index (χ1n) is 8.58. The number of carbonyl (C=O) groups is 1. The van der Waals surface area contributed by atoms with E-state index in [4.69, 9.17) is 4.74 Å². The van der Waals surface area contributed by atoms with Gasteiger partial charge in [-0.2, -0.15) is 12.6 Å². The molecule has 23 heavy (non-hydrogen) atoms. The van der Waals surface area contributed by atoms with Gasteiger partial charge in [0, 0.05) is 17.7 Å². The molecule has 4 heteroatoms. The van der Waals surface area contributed by atoms with Crippen LogP contribution < -0.4 is 10.1 Å². The smallest absolute Gasteiger partial charge is 0.220 e. The van der Waals surface area contributed by atoms with Crippen molar-refractivity contribution in [3.05, 3.63) is 29.3 Å². The zero-order chi connectivity index (χ0) is 17.3. The van der Waals surface area contributed by atoms with Crippen LogP contribution in [0, 0.1) is 0 Å². The average molecular weight is 338 g/mol. The molecule has 130 valence electrons.